The van der Waals surface area contributed by atoms with Gasteiger partial charge >= 0.3 is 0 Å². The van der Waals surface area contributed by atoms with Crippen molar-refractivity contribution in [3.05, 3.63) is 35.6 Å². The predicted molar refractivity (Wildman–Crippen MR) is 85.6 cm³/mol. The van der Waals surface area contributed by atoms with E-state index in [1.807, 2.05) is 0 Å². The molecule has 1 unspecified atom stereocenters. The lowest BCUT2D eigenvalue weighted by atomic mass is 10.0. The van der Waals surface area contributed by atoms with Crippen LogP contribution in [0.1, 0.15) is 55.3 Å². The third-order valence-corrected chi connectivity index (χ3v) is 4.43. The fourth-order valence-electron chi connectivity index (χ4n) is 3.01. The second kappa shape index (κ2) is 8.77. The molecule has 126 valence electrons. The quantitative estimate of drug-likeness (QED) is 0.724. The maximum Gasteiger partial charge on any atom is 0.220 e. The molecular weight excluding hydrogens is 297 g/mol. The zero-order valence-electron chi connectivity index (χ0n) is 13.3. The van der Waals surface area contributed by atoms with Gasteiger partial charge in [-0.1, -0.05) is 12.8 Å². The summed E-state index contributed by atoms with van der Waals surface area (Å²) in [4.78, 5) is 23.6. The van der Waals surface area contributed by atoms with E-state index < -0.39 is 6.10 Å². The van der Waals surface area contributed by atoms with Gasteiger partial charge in [0.2, 0.25) is 5.91 Å². The Morgan fingerprint density at radius 3 is 2.48 bits per heavy atom. The molecule has 1 saturated carbocycles. The van der Waals surface area contributed by atoms with Gasteiger partial charge in [0.25, 0.3) is 0 Å². The number of aliphatic hydroxyl groups is 1. The van der Waals surface area contributed by atoms with Gasteiger partial charge in [0.15, 0.2) is 5.78 Å². The fourth-order valence-corrected chi connectivity index (χ4v) is 3.01. The molecular formula is C18H24FNO3. The summed E-state index contributed by atoms with van der Waals surface area (Å²) in [5.41, 5.74) is 0.462. The second-order valence-corrected chi connectivity index (χ2v) is 6.20. The van der Waals surface area contributed by atoms with Gasteiger partial charge in [0.05, 0.1) is 6.10 Å². The molecule has 0 saturated heterocycles. The lowest BCUT2D eigenvalue weighted by Crippen LogP contribution is -2.35. The standard InChI is InChI=1S/C18H24FNO3/c19-15-10-8-14(9-11-15)16(21)6-3-7-18(23)20-12-17(22)13-4-1-2-5-13/h8-11,13,17,22H,1-7,12H2,(H,20,23). The Morgan fingerprint density at radius 1 is 1.17 bits per heavy atom. The molecule has 1 aromatic carbocycles. The Balaban J connectivity index is 1.62. The van der Waals surface area contributed by atoms with Crippen LogP contribution < -0.4 is 5.32 Å². The van der Waals surface area contributed by atoms with Crippen LogP contribution >= 0.6 is 0 Å². The van der Waals surface area contributed by atoms with Crippen molar-refractivity contribution < 1.29 is 19.1 Å². The number of hydrogen-bond donors (Lipinski definition) is 2. The van der Waals surface area contributed by atoms with Crippen molar-refractivity contribution in [2.45, 2.75) is 51.0 Å². The van der Waals surface area contributed by atoms with Crippen LogP contribution in [0.5, 0.6) is 0 Å². The summed E-state index contributed by atoms with van der Waals surface area (Å²) in [5, 5.41) is 12.7. The maximum absolute atomic E-state index is 12.8. The number of rotatable bonds is 8. The number of carbonyl (C=O) groups is 2. The molecule has 0 spiro atoms. The van der Waals surface area contributed by atoms with Gasteiger partial charge in [-0.3, -0.25) is 9.59 Å². The summed E-state index contributed by atoms with van der Waals surface area (Å²) in [6, 6.07) is 5.42. The third kappa shape index (κ3) is 5.75. The van der Waals surface area contributed by atoms with Crippen LogP contribution in [0.25, 0.3) is 0 Å². The Bertz CT molecular complexity index is 524. The maximum atomic E-state index is 12.8. The molecule has 1 aromatic rings. The molecule has 0 aliphatic heterocycles. The summed E-state index contributed by atoms with van der Waals surface area (Å²) in [6.07, 6.45) is 4.85. The van der Waals surface area contributed by atoms with Crippen molar-refractivity contribution >= 4 is 11.7 Å². The van der Waals surface area contributed by atoms with Gasteiger partial charge < -0.3 is 10.4 Å². The van der Waals surface area contributed by atoms with Crippen LogP contribution in [0.15, 0.2) is 24.3 Å². The van der Waals surface area contributed by atoms with E-state index in [0.29, 0.717) is 17.9 Å². The Morgan fingerprint density at radius 2 is 1.83 bits per heavy atom. The number of amides is 1. The smallest absolute Gasteiger partial charge is 0.220 e. The molecule has 2 N–H and O–H groups in total. The van der Waals surface area contributed by atoms with Crippen molar-refractivity contribution in [3.8, 4) is 0 Å². The first-order valence-electron chi connectivity index (χ1n) is 8.30. The molecule has 0 heterocycles. The Kier molecular flexibility index (Phi) is 6.71. The van der Waals surface area contributed by atoms with E-state index >= 15 is 0 Å². The summed E-state index contributed by atoms with van der Waals surface area (Å²) in [5.74, 6) is -0.310. The van der Waals surface area contributed by atoms with Gasteiger partial charge in [-0.05, 0) is 49.4 Å². The molecule has 23 heavy (non-hydrogen) atoms. The largest absolute Gasteiger partial charge is 0.391 e. The van der Waals surface area contributed by atoms with Crippen molar-refractivity contribution in [1.82, 2.24) is 5.32 Å². The molecule has 1 atom stereocenters. The summed E-state index contributed by atoms with van der Waals surface area (Å²) < 4.78 is 12.8. The van der Waals surface area contributed by atoms with E-state index in [2.05, 4.69) is 5.32 Å². The first-order valence-corrected chi connectivity index (χ1v) is 8.30. The normalized spacial score (nSPS) is 16.3. The summed E-state index contributed by atoms with van der Waals surface area (Å²) >= 11 is 0. The number of carbonyl (C=O) groups excluding carboxylic acids is 2. The highest BCUT2D eigenvalue weighted by Crippen LogP contribution is 2.27. The molecule has 4 nitrogen and oxygen atoms in total. The lowest BCUT2D eigenvalue weighted by Gasteiger charge is -2.17. The van der Waals surface area contributed by atoms with Crippen LogP contribution in [-0.4, -0.2) is 29.4 Å². The van der Waals surface area contributed by atoms with E-state index in [1.165, 1.54) is 24.3 Å². The molecule has 2 rings (SSSR count). The first-order chi connectivity index (χ1) is 11.1. The number of Topliss-reactive ketones (excluding diaryl/α,β-unsaturated/α-hetero) is 1. The molecule has 1 aliphatic carbocycles. The van der Waals surface area contributed by atoms with Crippen molar-refractivity contribution in [1.29, 1.82) is 0 Å². The van der Waals surface area contributed by atoms with E-state index in [-0.39, 0.29) is 36.9 Å². The zero-order chi connectivity index (χ0) is 16.7. The molecule has 0 aromatic heterocycles. The Hall–Kier alpha value is -1.75. The number of ketones is 1. The number of hydrogen-bond acceptors (Lipinski definition) is 3. The number of aliphatic hydroxyl groups excluding tert-OH is 1. The highest BCUT2D eigenvalue weighted by molar-refractivity contribution is 5.96. The van der Waals surface area contributed by atoms with Gasteiger partial charge in [0, 0.05) is 24.9 Å². The van der Waals surface area contributed by atoms with E-state index in [9.17, 15) is 19.1 Å². The molecule has 1 aliphatic rings. The topological polar surface area (TPSA) is 66.4 Å². The van der Waals surface area contributed by atoms with Crippen LogP contribution in [0.4, 0.5) is 4.39 Å². The van der Waals surface area contributed by atoms with Crippen LogP contribution in [0, 0.1) is 11.7 Å². The minimum atomic E-state index is -0.470. The van der Waals surface area contributed by atoms with Crippen LogP contribution in [0.2, 0.25) is 0 Å². The van der Waals surface area contributed by atoms with Gasteiger partial charge in [0.1, 0.15) is 5.82 Å². The molecule has 1 fully saturated rings. The number of benzene rings is 1. The van der Waals surface area contributed by atoms with E-state index in [1.54, 1.807) is 0 Å². The van der Waals surface area contributed by atoms with Crippen molar-refractivity contribution in [3.63, 3.8) is 0 Å². The number of halogens is 1. The molecule has 0 bridgehead atoms. The lowest BCUT2D eigenvalue weighted by molar-refractivity contribution is -0.121. The van der Waals surface area contributed by atoms with Crippen LogP contribution in [-0.2, 0) is 4.79 Å². The van der Waals surface area contributed by atoms with E-state index in [0.717, 1.165) is 25.7 Å². The molecule has 5 heteroatoms. The van der Waals surface area contributed by atoms with E-state index in [4.69, 9.17) is 0 Å². The first kappa shape index (κ1) is 17.6. The Labute approximate surface area is 136 Å². The van der Waals surface area contributed by atoms with Crippen LogP contribution in [0.3, 0.4) is 0 Å². The van der Waals surface area contributed by atoms with Gasteiger partial charge in [-0.2, -0.15) is 0 Å². The average Bonchev–Trinajstić information content (AvgIpc) is 3.07. The zero-order valence-corrected chi connectivity index (χ0v) is 13.3. The van der Waals surface area contributed by atoms with Gasteiger partial charge in [-0.15, -0.1) is 0 Å². The monoisotopic (exact) mass is 321 g/mol. The van der Waals surface area contributed by atoms with Gasteiger partial charge in [-0.25, -0.2) is 4.39 Å². The minimum absolute atomic E-state index is 0.0937. The summed E-state index contributed by atoms with van der Waals surface area (Å²) in [7, 11) is 0. The SMILES string of the molecule is O=C(CCCC(=O)c1ccc(F)cc1)NCC(O)C1CCCC1. The minimum Gasteiger partial charge on any atom is -0.391 e. The molecule has 0 radical (unpaired) electrons. The fraction of sp³-hybridized carbons (Fsp3) is 0.556. The van der Waals surface area contributed by atoms with Crippen molar-refractivity contribution in [2.75, 3.05) is 6.54 Å². The third-order valence-electron chi connectivity index (χ3n) is 4.43. The highest BCUT2D eigenvalue weighted by Gasteiger charge is 2.23. The summed E-state index contributed by atoms with van der Waals surface area (Å²) in [6.45, 7) is 0.287. The number of nitrogens with one attached hydrogen (secondary N) is 1. The second-order valence-electron chi connectivity index (χ2n) is 6.20. The van der Waals surface area contributed by atoms with Crippen molar-refractivity contribution in [2.24, 2.45) is 5.92 Å². The average molecular weight is 321 g/mol. The highest BCUT2D eigenvalue weighted by atomic mass is 19.1. The molecule has 1 amide bonds. The predicted octanol–water partition coefficient (Wildman–Crippen LogP) is 2.85.